The average molecular weight is 430 g/mol. The molecule has 0 radical (unpaired) electrons. The van der Waals surface area contributed by atoms with Gasteiger partial charge < -0.3 is 40.3 Å². The number of benzene rings is 1. The number of carbonyl (C=O) groups excluding carboxylic acids is 1. The quantitative estimate of drug-likeness (QED) is 0.199. The van der Waals surface area contributed by atoms with Crippen LogP contribution in [0.2, 0.25) is 0 Å². The number of aliphatic hydroxyl groups is 4. The molecule has 13 nitrogen and oxygen atoms in total. The minimum Gasteiger partial charge on any atom is -0.476 e. The van der Waals surface area contributed by atoms with Crippen LogP contribution < -0.4 is 10.1 Å². The van der Waals surface area contributed by atoms with Crippen LogP contribution in [0.4, 0.5) is 5.69 Å². The second-order valence-electron chi connectivity index (χ2n) is 6.73. The van der Waals surface area contributed by atoms with E-state index in [2.05, 4.69) is 5.32 Å². The predicted octanol–water partition coefficient (Wildman–Crippen LogP) is -1.88. The molecule has 166 valence electrons. The summed E-state index contributed by atoms with van der Waals surface area (Å²) in [7, 11) is 0. The molecule has 6 N–H and O–H groups in total. The highest BCUT2D eigenvalue weighted by molar-refractivity contribution is 5.77. The van der Waals surface area contributed by atoms with Gasteiger partial charge in [0.2, 0.25) is 5.91 Å². The van der Waals surface area contributed by atoms with E-state index in [1.165, 1.54) is 0 Å². The maximum atomic E-state index is 12.0. The second-order valence-corrected chi connectivity index (χ2v) is 6.73. The molecule has 0 bridgehead atoms. The van der Waals surface area contributed by atoms with Crippen LogP contribution in [0.25, 0.3) is 0 Å². The number of ether oxygens (including phenoxy) is 2. The molecule has 1 heterocycles. The lowest BCUT2D eigenvalue weighted by Crippen LogP contribution is -2.68. The molecule has 0 saturated carbocycles. The Morgan fingerprint density at radius 3 is 2.43 bits per heavy atom. The number of nitro groups is 1. The minimum atomic E-state index is -2.56. The molecule has 13 heteroatoms. The molecule has 2 rings (SSSR count). The SMILES string of the molecule is CC(=O)N[C@H]1[C@@H]([C@@H](O)[C@H](O)CO)O[C@](Oc2ccc([N+](=O)[O-])cc2)(C(=O)O)C[C@H]1O. The summed E-state index contributed by atoms with van der Waals surface area (Å²) in [6.45, 7) is 0.207. The highest BCUT2D eigenvalue weighted by Gasteiger charge is 2.56. The maximum absolute atomic E-state index is 12.0. The maximum Gasteiger partial charge on any atom is 0.377 e. The normalized spacial score (nSPS) is 28.2. The Balaban J connectivity index is 2.40. The smallest absolute Gasteiger partial charge is 0.377 e. The van der Waals surface area contributed by atoms with Crippen LogP contribution in [0.5, 0.6) is 5.75 Å². The molecule has 6 atom stereocenters. The van der Waals surface area contributed by atoms with Crippen LogP contribution in [0, 0.1) is 10.1 Å². The molecule has 1 aliphatic rings. The number of amides is 1. The Labute approximate surface area is 169 Å². The summed E-state index contributed by atoms with van der Waals surface area (Å²) in [4.78, 5) is 33.5. The molecule has 0 aliphatic carbocycles. The van der Waals surface area contributed by atoms with Gasteiger partial charge in [0.25, 0.3) is 5.69 Å². The average Bonchev–Trinajstić information content (AvgIpc) is 2.68. The fraction of sp³-hybridized carbons (Fsp3) is 0.529. The Morgan fingerprint density at radius 1 is 1.37 bits per heavy atom. The van der Waals surface area contributed by atoms with E-state index < -0.39 is 66.1 Å². The van der Waals surface area contributed by atoms with Gasteiger partial charge >= 0.3 is 11.8 Å². The zero-order chi connectivity index (χ0) is 22.6. The van der Waals surface area contributed by atoms with Crippen molar-refractivity contribution in [2.24, 2.45) is 0 Å². The van der Waals surface area contributed by atoms with Crippen molar-refractivity contribution < 1.29 is 49.5 Å². The van der Waals surface area contributed by atoms with Gasteiger partial charge in [-0.1, -0.05) is 0 Å². The first kappa shape index (κ1) is 23.4. The van der Waals surface area contributed by atoms with Crippen LogP contribution in [-0.4, -0.2) is 85.2 Å². The monoisotopic (exact) mass is 430 g/mol. The van der Waals surface area contributed by atoms with Crippen molar-refractivity contribution in [2.75, 3.05) is 6.61 Å². The molecule has 30 heavy (non-hydrogen) atoms. The van der Waals surface area contributed by atoms with E-state index >= 15 is 0 Å². The molecular formula is C17H22N2O11. The molecule has 0 unspecified atom stereocenters. The van der Waals surface area contributed by atoms with Crippen LogP contribution in [0.1, 0.15) is 13.3 Å². The number of aliphatic hydroxyl groups excluding tert-OH is 4. The third-order valence-corrected chi connectivity index (χ3v) is 4.52. The summed E-state index contributed by atoms with van der Waals surface area (Å²) in [6, 6.07) is 3.03. The lowest BCUT2D eigenvalue weighted by Gasteiger charge is -2.46. The van der Waals surface area contributed by atoms with Crippen molar-refractivity contribution in [1.29, 1.82) is 0 Å². The fourth-order valence-corrected chi connectivity index (χ4v) is 3.06. The molecule has 0 aromatic heterocycles. The van der Waals surface area contributed by atoms with E-state index in [-0.39, 0.29) is 11.4 Å². The lowest BCUT2D eigenvalue weighted by molar-refractivity contribution is -0.384. The van der Waals surface area contributed by atoms with Crippen molar-refractivity contribution in [3.8, 4) is 5.75 Å². The van der Waals surface area contributed by atoms with Crippen molar-refractivity contribution in [3.05, 3.63) is 34.4 Å². The number of carbonyl (C=O) groups is 2. The summed E-state index contributed by atoms with van der Waals surface area (Å²) in [6.07, 6.45) is -7.65. The van der Waals surface area contributed by atoms with E-state index in [1.807, 2.05) is 0 Å². The standard InChI is InChI=1S/C17H22N2O11/c1-8(21)18-13-11(22)6-17(16(25)26,30-15(13)14(24)12(23)7-20)29-10-4-2-9(3-5-10)19(27)28/h2-5,11-15,20,22-24H,6-7H2,1H3,(H,18,21)(H,25,26)/t11-,12-,13-,14+,15+,17+/m1/s1. The highest BCUT2D eigenvalue weighted by atomic mass is 16.7. The van der Waals surface area contributed by atoms with Crippen molar-refractivity contribution in [1.82, 2.24) is 5.32 Å². The fourth-order valence-electron chi connectivity index (χ4n) is 3.06. The largest absolute Gasteiger partial charge is 0.476 e. The molecule has 1 aromatic carbocycles. The van der Waals surface area contributed by atoms with E-state index in [0.29, 0.717) is 0 Å². The molecule has 0 spiro atoms. The summed E-state index contributed by atoms with van der Waals surface area (Å²) in [5.74, 6) is -5.04. The minimum absolute atomic E-state index is 0.149. The number of carboxylic acids is 1. The zero-order valence-electron chi connectivity index (χ0n) is 15.7. The Kier molecular flexibility index (Phi) is 7.28. The van der Waals surface area contributed by atoms with Gasteiger partial charge in [-0.25, -0.2) is 4.79 Å². The number of non-ortho nitro benzene ring substituents is 1. The van der Waals surface area contributed by atoms with Gasteiger partial charge in [0.05, 0.1) is 30.1 Å². The Hall–Kier alpha value is -2.84. The molecule has 1 fully saturated rings. The van der Waals surface area contributed by atoms with E-state index in [1.54, 1.807) is 0 Å². The number of nitrogens with one attached hydrogen (secondary N) is 1. The number of nitro benzene ring substituents is 1. The molecular weight excluding hydrogens is 408 g/mol. The van der Waals surface area contributed by atoms with Gasteiger partial charge in [-0.05, 0) is 12.1 Å². The molecule has 1 aliphatic heterocycles. The van der Waals surface area contributed by atoms with E-state index in [0.717, 1.165) is 31.2 Å². The molecule has 1 saturated heterocycles. The van der Waals surface area contributed by atoms with Crippen LogP contribution in [0.15, 0.2) is 24.3 Å². The number of rotatable bonds is 8. The summed E-state index contributed by atoms with van der Waals surface area (Å²) in [5.41, 5.74) is -0.276. The van der Waals surface area contributed by atoms with Crippen LogP contribution in [0.3, 0.4) is 0 Å². The van der Waals surface area contributed by atoms with Crippen LogP contribution in [-0.2, 0) is 14.3 Å². The van der Waals surface area contributed by atoms with Crippen molar-refractivity contribution >= 4 is 17.6 Å². The van der Waals surface area contributed by atoms with Gasteiger partial charge in [-0.15, -0.1) is 0 Å². The molecule has 1 amide bonds. The zero-order valence-corrected chi connectivity index (χ0v) is 15.7. The third-order valence-electron chi connectivity index (χ3n) is 4.52. The van der Waals surface area contributed by atoms with Gasteiger partial charge in [-0.3, -0.25) is 14.9 Å². The Morgan fingerprint density at radius 2 is 1.97 bits per heavy atom. The van der Waals surface area contributed by atoms with Crippen molar-refractivity contribution in [3.63, 3.8) is 0 Å². The number of carboxylic acid groups (broad SMARTS) is 1. The lowest BCUT2D eigenvalue weighted by atomic mass is 9.88. The highest BCUT2D eigenvalue weighted by Crippen LogP contribution is 2.35. The first-order valence-corrected chi connectivity index (χ1v) is 8.77. The van der Waals surface area contributed by atoms with E-state index in [4.69, 9.17) is 14.6 Å². The summed E-state index contributed by atoms with van der Waals surface area (Å²) >= 11 is 0. The number of aliphatic carboxylic acids is 1. The van der Waals surface area contributed by atoms with Gasteiger partial charge in [0.1, 0.15) is 24.1 Å². The molecule has 1 aromatic rings. The topological polar surface area (TPSA) is 209 Å². The predicted molar refractivity (Wildman–Crippen MR) is 96.3 cm³/mol. The van der Waals surface area contributed by atoms with Gasteiger partial charge in [0.15, 0.2) is 0 Å². The van der Waals surface area contributed by atoms with Gasteiger partial charge in [-0.2, -0.15) is 0 Å². The second kappa shape index (κ2) is 9.32. The van der Waals surface area contributed by atoms with E-state index in [9.17, 15) is 40.1 Å². The first-order chi connectivity index (χ1) is 14.0. The van der Waals surface area contributed by atoms with Crippen LogP contribution >= 0.6 is 0 Å². The number of hydrogen-bond acceptors (Lipinski definition) is 10. The number of nitrogens with zero attached hydrogens (tertiary/aromatic N) is 1. The summed E-state index contributed by atoms with van der Waals surface area (Å²) in [5, 5.41) is 62.5. The number of hydrogen-bond donors (Lipinski definition) is 6. The Bertz CT molecular complexity index is 786. The summed E-state index contributed by atoms with van der Waals surface area (Å²) < 4.78 is 10.8. The first-order valence-electron chi connectivity index (χ1n) is 8.77. The third kappa shape index (κ3) is 5.01. The van der Waals surface area contributed by atoms with Gasteiger partial charge in [0, 0.05) is 19.1 Å². The van der Waals surface area contributed by atoms with Crippen molar-refractivity contribution in [2.45, 2.75) is 49.6 Å².